The monoisotopic (exact) mass is 448 g/mol. The number of carboxylic acids is 1. The molecule has 3 rings (SSSR count). The van der Waals surface area contributed by atoms with E-state index in [9.17, 15) is 19.5 Å². The van der Waals surface area contributed by atoms with E-state index in [2.05, 4.69) is 5.32 Å². The highest BCUT2D eigenvalue weighted by atomic mass is 16.7. The molecule has 0 aromatic heterocycles. The highest BCUT2D eigenvalue weighted by Gasteiger charge is 2.57. The number of benzene rings is 1. The summed E-state index contributed by atoms with van der Waals surface area (Å²) in [5, 5.41) is 12.9. The van der Waals surface area contributed by atoms with Gasteiger partial charge >= 0.3 is 11.9 Å². The van der Waals surface area contributed by atoms with E-state index in [1.54, 1.807) is 13.8 Å². The Kier molecular flexibility index (Phi) is 8.22. The number of carbonyl (C=O) groups is 3. The molecule has 0 bridgehead atoms. The van der Waals surface area contributed by atoms with Gasteiger partial charge in [-0.25, -0.2) is 4.79 Å². The lowest BCUT2D eigenvalue weighted by atomic mass is 10.0. The van der Waals surface area contributed by atoms with Crippen molar-refractivity contribution in [3.8, 4) is 0 Å². The van der Waals surface area contributed by atoms with Gasteiger partial charge in [0.25, 0.3) is 0 Å². The van der Waals surface area contributed by atoms with Gasteiger partial charge in [-0.1, -0.05) is 30.3 Å². The Morgan fingerprint density at radius 3 is 2.56 bits per heavy atom. The van der Waals surface area contributed by atoms with E-state index in [4.69, 9.17) is 14.2 Å². The first kappa shape index (κ1) is 24.2. The topological polar surface area (TPSA) is 114 Å². The lowest BCUT2D eigenvalue weighted by molar-refractivity contribution is -0.274. The summed E-state index contributed by atoms with van der Waals surface area (Å²) < 4.78 is 16.6. The Labute approximate surface area is 188 Å². The normalized spacial score (nSPS) is 21.8. The molecule has 0 saturated carbocycles. The molecule has 2 heterocycles. The Hall–Kier alpha value is -2.49. The van der Waals surface area contributed by atoms with Gasteiger partial charge in [-0.05, 0) is 38.7 Å². The standard InChI is InChI=1S/C23H32N2O7/c1-3-30-22(29)18(11-10-17-8-5-4-6-9-17)24-16(2)20(26)25-13-12-23(19(25)21(27)28)31-14-7-15-32-23/h4-6,8-9,16,18-19,24H,3,7,10-15H2,1-2H3,(H,27,28)/t16?,18-,19+/m0/s1. The van der Waals surface area contributed by atoms with E-state index in [-0.39, 0.29) is 19.6 Å². The van der Waals surface area contributed by atoms with Crippen molar-refractivity contribution in [3.63, 3.8) is 0 Å². The summed E-state index contributed by atoms with van der Waals surface area (Å²) in [6.45, 7) is 4.58. The first-order valence-corrected chi connectivity index (χ1v) is 11.2. The molecule has 9 heteroatoms. The summed E-state index contributed by atoms with van der Waals surface area (Å²) in [6, 6.07) is 7.01. The molecule has 2 fully saturated rings. The number of rotatable bonds is 9. The third-order valence-electron chi connectivity index (χ3n) is 5.89. The lowest BCUT2D eigenvalue weighted by Crippen LogP contribution is -2.59. The molecule has 1 amide bonds. The molecule has 1 spiro atoms. The van der Waals surface area contributed by atoms with Gasteiger partial charge in [-0.3, -0.25) is 14.9 Å². The van der Waals surface area contributed by atoms with Crippen molar-refractivity contribution in [1.82, 2.24) is 10.2 Å². The molecule has 2 aliphatic heterocycles. The second-order valence-electron chi connectivity index (χ2n) is 8.10. The molecule has 0 radical (unpaired) electrons. The molecule has 2 N–H and O–H groups in total. The van der Waals surface area contributed by atoms with Crippen molar-refractivity contribution in [2.75, 3.05) is 26.4 Å². The highest BCUT2D eigenvalue weighted by Crippen LogP contribution is 2.36. The molecular formula is C23H32N2O7. The second kappa shape index (κ2) is 10.9. The summed E-state index contributed by atoms with van der Waals surface area (Å²) in [5.41, 5.74) is 1.07. The number of nitrogens with one attached hydrogen (secondary N) is 1. The smallest absolute Gasteiger partial charge is 0.332 e. The molecule has 32 heavy (non-hydrogen) atoms. The van der Waals surface area contributed by atoms with Crippen LogP contribution < -0.4 is 5.32 Å². The molecule has 1 unspecified atom stereocenters. The van der Waals surface area contributed by atoms with Gasteiger partial charge < -0.3 is 24.2 Å². The number of aryl methyl sites for hydroxylation is 1. The van der Waals surface area contributed by atoms with Gasteiger partial charge in [-0.2, -0.15) is 0 Å². The second-order valence-corrected chi connectivity index (χ2v) is 8.10. The van der Waals surface area contributed by atoms with E-state index in [0.29, 0.717) is 32.5 Å². The van der Waals surface area contributed by atoms with E-state index in [0.717, 1.165) is 5.56 Å². The number of hydrogen-bond acceptors (Lipinski definition) is 7. The third kappa shape index (κ3) is 5.46. The average Bonchev–Trinajstić information content (AvgIpc) is 3.15. The predicted octanol–water partition coefficient (Wildman–Crippen LogP) is 1.35. The maximum atomic E-state index is 13.2. The van der Waals surface area contributed by atoms with Crippen LogP contribution in [0.3, 0.4) is 0 Å². The van der Waals surface area contributed by atoms with Gasteiger partial charge in [0.2, 0.25) is 11.7 Å². The van der Waals surface area contributed by atoms with Crippen LogP contribution in [0.15, 0.2) is 30.3 Å². The summed E-state index contributed by atoms with van der Waals surface area (Å²) in [5.74, 6) is -3.33. The Morgan fingerprint density at radius 1 is 1.25 bits per heavy atom. The molecular weight excluding hydrogens is 416 g/mol. The van der Waals surface area contributed by atoms with Crippen LogP contribution in [0.1, 0.15) is 38.7 Å². The fourth-order valence-corrected chi connectivity index (χ4v) is 4.32. The highest BCUT2D eigenvalue weighted by molar-refractivity contribution is 5.88. The molecule has 176 valence electrons. The van der Waals surface area contributed by atoms with E-state index in [1.165, 1.54) is 4.90 Å². The molecule has 1 aromatic rings. The summed E-state index contributed by atoms with van der Waals surface area (Å²) in [7, 11) is 0. The number of hydrogen-bond donors (Lipinski definition) is 2. The molecule has 2 aliphatic rings. The fraction of sp³-hybridized carbons (Fsp3) is 0.609. The van der Waals surface area contributed by atoms with Crippen molar-refractivity contribution in [3.05, 3.63) is 35.9 Å². The fourth-order valence-electron chi connectivity index (χ4n) is 4.32. The van der Waals surface area contributed by atoms with Crippen molar-refractivity contribution >= 4 is 17.8 Å². The first-order chi connectivity index (χ1) is 15.4. The Balaban J connectivity index is 1.69. The third-order valence-corrected chi connectivity index (χ3v) is 5.89. The van der Waals surface area contributed by atoms with E-state index < -0.39 is 41.8 Å². The van der Waals surface area contributed by atoms with Crippen molar-refractivity contribution in [2.45, 2.75) is 63.4 Å². The number of ether oxygens (including phenoxy) is 3. The Bertz CT molecular complexity index is 795. The van der Waals surface area contributed by atoms with Crippen LogP contribution in [0.5, 0.6) is 0 Å². The van der Waals surface area contributed by atoms with Crippen molar-refractivity contribution in [1.29, 1.82) is 0 Å². The average molecular weight is 449 g/mol. The van der Waals surface area contributed by atoms with E-state index >= 15 is 0 Å². The maximum absolute atomic E-state index is 13.2. The zero-order valence-electron chi connectivity index (χ0n) is 18.6. The molecule has 0 aliphatic carbocycles. The number of nitrogens with zero attached hydrogens (tertiary/aromatic N) is 1. The predicted molar refractivity (Wildman–Crippen MR) is 115 cm³/mol. The SMILES string of the molecule is CCOC(=O)[C@H](CCc1ccccc1)NC(C)C(=O)N1CCC2(OCCCO2)[C@H]1C(=O)O. The number of amides is 1. The van der Waals surface area contributed by atoms with Crippen molar-refractivity contribution < 1.29 is 33.7 Å². The van der Waals surface area contributed by atoms with Crippen molar-refractivity contribution in [2.24, 2.45) is 0 Å². The molecule has 1 aromatic carbocycles. The lowest BCUT2D eigenvalue weighted by Gasteiger charge is -2.38. The maximum Gasteiger partial charge on any atom is 0.332 e. The summed E-state index contributed by atoms with van der Waals surface area (Å²) in [4.78, 5) is 39.0. The number of likely N-dealkylation sites (tertiary alicyclic amines) is 1. The largest absolute Gasteiger partial charge is 0.480 e. The van der Waals surface area contributed by atoms with Gasteiger partial charge in [0.05, 0.1) is 25.9 Å². The van der Waals surface area contributed by atoms with E-state index in [1.807, 2.05) is 30.3 Å². The van der Waals surface area contributed by atoms with Crippen LogP contribution in [-0.2, 0) is 35.0 Å². The zero-order chi connectivity index (χ0) is 23.1. The first-order valence-electron chi connectivity index (χ1n) is 11.2. The van der Waals surface area contributed by atoms with Crippen LogP contribution in [0.2, 0.25) is 0 Å². The molecule has 2 saturated heterocycles. The Morgan fingerprint density at radius 2 is 1.94 bits per heavy atom. The van der Waals surface area contributed by atoms with Gasteiger partial charge in [0.1, 0.15) is 6.04 Å². The van der Waals surface area contributed by atoms with Gasteiger partial charge in [-0.15, -0.1) is 0 Å². The minimum absolute atomic E-state index is 0.204. The molecule has 3 atom stereocenters. The van der Waals surface area contributed by atoms with Crippen LogP contribution >= 0.6 is 0 Å². The van der Waals surface area contributed by atoms with Gasteiger partial charge in [0, 0.05) is 13.0 Å². The van der Waals surface area contributed by atoms with Crippen LogP contribution in [0.25, 0.3) is 0 Å². The number of esters is 1. The van der Waals surface area contributed by atoms with Gasteiger partial charge in [0.15, 0.2) is 6.04 Å². The van der Waals surface area contributed by atoms with Crippen LogP contribution in [-0.4, -0.2) is 78.1 Å². The summed E-state index contributed by atoms with van der Waals surface area (Å²) in [6.07, 6.45) is 2.05. The number of aliphatic carboxylic acids is 1. The quantitative estimate of drug-likeness (QED) is 0.544. The van der Waals surface area contributed by atoms with Crippen LogP contribution in [0, 0.1) is 0 Å². The number of carboxylic acid groups (broad SMARTS) is 1. The molecule has 9 nitrogen and oxygen atoms in total. The zero-order valence-corrected chi connectivity index (χ0v) is 18.6. The summed E-state index contributed by atoms with van der Waals surface area (Å²) >= 11 is 0. The minimum Gasteiger partial charge on any atom is -0.480 e. The minimum atomic E-state index is -1.31. The van der Waals surface area contributed by atoms with Crippen LogP contribution in [0.4, 0.5) is 0 Å². The number of carbonyl (C=O) groups excluding carboxylic acids is 2.